The van der Waals surface area contributed by atoms with Crippen molar-refractivity contribution in [2.24, 2.45) is 0 Å². The van der Waals surface area contributed by atoms with Crippen LogP contribution in [-0.2, 0) is 34.3 Å². The number of carbonyl (C=O) groups excluding carboxylic acids is 1. The van der Waals surface area contributed by atoms with Crippen LogP contribution in [0.1, 0.15) is 16.7 Å². The predicted octanol–water partition coefficient (Wildman–Crippen LogP) is 6.67. The molecule has 15 heteroatoms. The van der Waals surface area contributed by atoms with E-state index in [2.05, 4.69) is 31.1 Å². The van der Waals surface area contributed by atoms with Crippen molar-refractivity contribution < 1.29 is 26.4 Å². The number of carbonyl (C=O) groups is 1. The Bertz CT molecular complexity index is 2040. The topological polar surface area (TPSA) is 109 Å². The van der Waals surface area contributed by atoms with Gasteiger partial charge in [0.05, 0.1) is 21.3 Å². The van der Waals surface area contributed by atoms with Crippen molar-refractivity contribution in [3.63, 3.8) is 0 Å². The molecule has 0 spiro atoms. The van der Waals surface area contributed by atoms with Gasteiger partial charge in [-0.25, -0.2) is 13.4 Å². The van der Waals surface area contributed by atoms with E-state index in [0.29, 0.717) is 54.9 Å². The van der Waals surface area contributed by atoms with Gasteiger partial charge in [0.25, 0.3) is 10.0 Å². The number of alkyl halides is 3. The molecule has 5 aromatic rings. The lowest BCUT2D eigenvalue weighted by Gasteiger charge is -2.29. The quantitative estimate of drug-likeness (QED) is 0.195. The second-order valence-electron chi connectivity index (χ2n) is 10.3. The standard InChI is InChI=1S/C30H23BrClF3N6O3S/c31-24-16-37-41-27(14-26(38-28(24)41)23-3-1-2-4-25(23)32)36-15-18-5-8-21(9-6-18)39-45(43,44)22-10-7-19-11-12-40(17-20(19)13-22)29(42)30(33,34)35/h1-10,13-14,16,36,39H,11-12,15,17H2. The Morgan fingerprint density at radius 3 is 2.51 bits per heavy atom. The van der Waals surface area contributed by atoms with E-state index in [-0.39, 0.29) is 24.4 Å². The average Bonchev–Trinajstić information content (AvgIpc) is 3.39. The lowest BCUT2D eigenvalue weighted by Crippen LogP contribution is -2.43. The van der Waals surface area contributed by atoms with Gasteiger partial charge >= 0.3 is 12.1 Å². The second kappa shape index (κ2) is 12.0. The number of amides is 1. The summed E-state index contributed by atoms with van der Waals surface area (Å²) in [4.78, 5) is 17.0. The SMILES string of the molecule is O=C(N1CCc2ccc(S(=O)(=O)Nc3ccc(CNc4cc(-c5ccccc5Cl)nc5c(Br)cnn45)cc3)cc2C1)C(F)(F)F. The van der Waals surface area contributed by atoms with E-state index >= 15 is 0 Å². The van der Waals surface area contributed by atoms with Crippen molar-refractivity contribution in [2.75, 3.05) is 16.6 Å². The molecule has 0 unspecified atom stereocenters. The average molecular weight is 720 g/mol. The maximum Gasteiger partial charge on any atom is 0.471 e. The molecule has 2 N–H and O–H groups in total. The molecule has 3 aromatic carbocycles. The molecule has 0 radical (unpaired) electrons. The van der Waals surface area contributed by atoms with Gasteiger partial charge < -0.3 is 10.2 Å². The summed E-state index contributed by atoms with van der Waals surface area (Å²) in [6.45, 7) is -0.0353. The Labute approximate surface area is 269 Å². The highest BCUT2D eigenvalue weighted by Crippen LogP contribution is 2.31. The van der Waals surface area contributed by atoms with Crippen LogP contribution in [0.25, 0.3) is 16.9 Å². The van der Waals surface area contributed by atoms with Gasteiger partial charge in [-0.3, -0.25) is 9.52 Å². The lowest BCUT2D eigenvalue weighted by molar-refractivity contribution is -0.186. The minimum absolute atomic E-state index is 0.0923. The van der Waals surface area contributed by atoms with E-state index in [1.165, 1.54) is 12.1 Å². The normalized spacial score (nSPS) is 13.5. The number of hydrogen-bond donors (Lipinski definition) is 2. The number of nitrogens with zero attached hydrogens (tertiary/aromatic N) is 4. The number of sulfonamides is 1. The van der Waals surface area contributed by atoms with Crippen molar-refractivity contribution in [3.05, 3.63) is 105 Å². The van der Waals surface area contributed by atoms with Crippen LogP contribution in [0.4, 0.5) is 24.7 Å². The molecule has 1 aliphatic heterocycles. The first-order valence-corrected chi connectivity index (χ1v) is 16.2. The zero-order valence-corrected chi connectivity index (χ0v) is 26.3. The first-order valence-electron chi connectivity index (χ1n) is 13.5. The largest absolute Gasteiger partial charge is 0.471 e. The number of hydrogen-bond acceptors (Lipinski definition) is 6. The highest BCUT2D eigenvalue weighted by atomic mass is 79.9. The summed E-state index contributed by atoms with van der Waals surface area (Å²) in [5, 5.41) is 8.29. The summed E-state index contributed by atoms with van der Waals surface area (Å²) in [6, 6.07) is 20.2. The number of benzene rings is 3. The summed E-state index contributed by atoms with van der Waals surface area (Å²) >= 11 is 9.90. The summed E-state index contributed by atoms with van der Waals surface area (Å²) in [7, 11) is -4.06. The monoisotopic (exact) mass is 718 g/mol. The molecule has 6 rings (SSSR count). The molecule has 0 saturated heterocycles. The zero-order chi connectivity index (χ0) is 31.9. The third-order valence-corrected chi connectivity index (χ3v) is 9.56. The van der Waals surface area contributed by atoms with Crippen molar-refractivity contribution in [3.8, 4) is 11.3 Å². The number of fused-ring (bicyclic) bond motifs is 2. The van der Waals surface area contributed by atoms with E-state index in [1.807, 2.05) is 24.3 Å². The molecule has 232 valence electrons. The van der Waals surface area contributed by atoms with Gasteiger partial charge in [-0.15, -0.1) is 0 Å². The zero-order valence-electron chi connectivity index (χ0n) is 23.1. The Balaban J connectivity index is 1.16. The fraction of sp³-hybridized carbons (Fsp3) is 0.167. The minimum Gasteiger partial charge on any atom is -0.366 e. The maximum absolute atomic E-state index is 13.1. The molecule has 45 heavy (non-hydrogen) atoms. The van der Waals surface area contributed by atoms with Gasteiger partial charge in [0.15, 0.2) is 5.65 Å². The van der Waals surface area contributed by atoms with Crippen molar-refractivity contribution in [1.82, 2.24) is 19.5 Å². The summed E-state index contributed by atoms with van der Waals surface area (Å²) in [5.74, 6) is -1.28. The highest BCUT2D eigenvalue weighted by molar-refractivity contribution is 9.10. The van der Waals surface area contributed by atoms with Crippen LogP contribution in [-0.4, -0.2) is 46.5 Å². The molecule has 0 bridgehead atoms. The van der Waals surface area contributed by atoms with Gasteiger partial charge in [0.2, 0.25) is 0 Å². The van der Waals surface area contributed by atoms with E-state index in [0.717, 1.165) is 11.1 Å². The fourth-order valence-corrected chi connectivity index (χ4v) is 6.71. The van der Waals surface area contributed by atoms with E-state index in [9.17, 15) is 26.4 Å². The van der Waals surface area contributed by atoms with Crippen molar-refractivity contribution >= 4 is 60.6 Å². The van der Waals surface area contributed by atoms with Crippen LogP contribution in [0, 0.1) is 0 Å². The van der Waals surface area contributed by atoms with Crippen molar-refractivity contribution in [2.45, 2.75) is 30.6 Å². The molecular weight excluding hydrogens is 697 g/mol. The van der Waals surface area contributed by atoms with E-state index in [4.69, 9.17) is 16.6 Å². The molecule has 0 aliphatic carbocycles. The first kappa shape index (κ1) is 30.9. The van der Waals surface area contributed by atoms with E-state index < -0.39 is 22.1 Å². The molecule has 0 atom stereocenters. The Hall–Kier alpha value is -4.14. The lowest BCUT2D eigenvalue weighted by atomic mass is 10.00. The number of anilines is 2. The van der Waals surface area contributed by atoms with Crippen LogP contribution >= 0.6 is 27.5 Å². The number of aromatic nitrogens is 3. The van der Waals surface area contributed by atoms with Gasteiger partial charge in [-0.05, 0) is 69.4 Å². The summed E-state index contributed by atoms with van der Waals surface area (Å²) < 4.78 is 69.9. The smallest absolute Gasteiger partial charge is 0.366 e. The van der Waals surface area contributed by atoms with Crippen LogP contribution < -0.4 is 10.0 Å². The van der Waals surface area contributed by atoms with Crippen LogP contribution in [0.2, 0.25) is 5.02 Å². The van der Waals surface area contributed by atoms with Gasteiger partial charge in [0.1, 0.15) is 5.82 Å². The summed E-state index contributed by atoms with van der Waals surface area (Å²) in [6.07, 6.45) is -3.15. The van der Waals surface area contributed by atoms with Crippen LogP contribution in [0.3, 0.4) is 0 Å². The minimum atomic E-state index is -5.00. The Morgan fingerprint density at radius 1 is 1.02 bits per heavy atom. The summed E-state index contributed by atoms with van der Waals surface area (Å²) in [5.41, 5.74) is 4.22. The second-order valence-corrected chi connectivity index (χ2v) is 13.2. The van der Waals surface area contributed by atoms with Gasteiger partial charge in [0, 0.05) is 42.0 Å². The van der Waals surface area contributed by atoms with Crippen LogP contribution in [0.5, 0.6) is 0 Å². The molecule has 3 heterocycles. The van der Waals surface area contributed by atoms with Crippen LogP contribution in [0.15, 0.2) is 88.4 Å². The Morgan fingerprint density at radius 2 is 1.78 bits per heavy atom. The maximum atomic E-state index is 13.1. The highest BCUT2D eigenvalue weighted by Gasteiger charge is 2.43. The fourth-order valence-electron chi connectivity index (χ4n) is 5.02. The first-order chi connectivity index (χ1) is 21.4. The molecule has 9 nitrogen and oxygen atoms in total. The number of halogens is 5. The Kier molecular flexibility index (Phi) is 8.22. The van der Waals surface area contributed by atoms with Gasteiger partial charge in [-0.1, -0.05) is 48.0 Å². The molecule has 2 aromatic heterocycles. The molecular formula is C30H23BrClF3N6O3S. The van der Waals surface area contributed by atoms with Gasteiger partial charge in [-0.2, -0.15) is 22.8 Å². The third kappa shape index (κ3) is 6.49. The number of rotatable bonds is 7. The molecule has 0 saturated carbocycles. The van der Waals surface area contributed by atoms with Crippen molar-refractivity contribution in [1.29, 1.82) is 0 Å². The predicted molar refractivity (Wildman–Crippen MR) is 167 cm³/mol. The molecule has 1 aliphatic rings. The molecule has 1 amide bonds. The van der Waals surface area contributed by atoms with E-state index in [1.54, 1.807) is 47.1 Å². The number of nitrogens with one attached hydrogen (secondary N) is 2. The third-order valence-electron chi connectivity index (χ3n) is 7.29. The molecule has 0 fully saturated rings.